The number of amides is 3. The average molecular weight is 729 g/mol. The summed E-state index contributed by atoms with van der Waals surface area (Å²) in [7, 11) is 3.21. The molecule has 14 heteroatoms. The summed E-state index contributed by atoms with van der Waals surface area (Å²) in [5.74, 6) is -0.445. The smallest absolute Gasteiger partial charge is 0.334 e. The summed E-state index contributed by atoms with van der Waals surface area (Å²) in [5, 5.41) is 10.2. The Morgan fingerprint density at radius 1 is 0.979 bits per heavy atom. The maximum absolute atomic E-state index is 13.5. The number of likely N-dealkylation sites (tertiary alicyclic amines) is 1. The zero-order chi connectivity index (χ0) is 33.5. The number of piperidine rings is 1. The fourth-order valence-corrected chi connectivity index (χ4v) is 7.51. The maximum atomic E-state index is 13.5. The minimum absolute atomic E-state index is 0.121. The van der Waals surface area contributed by atoms with Crippen LogP contribution in [0.1, 0.15) is 47.5 Å². The summed E-state index contributed by atoms with van der Waals surface area (Å²) in [6.45, 7) is 7.15. The molecule has 0 aliphatic carbocycles. The number of nitrogens with zero attached hydrogens (tertiary/aromatic N) is 6. The van der Waals surface area contributed by atoms with E-state index in [1.54, 1.807) is 36.2 Å². The van der Waals surface area contributed by atoms with E-state index in [4.69, 9.17) is 56.0 Å². The quantitative estimate of drug-likeness (QED) is 0.197. The van der Waals surface area contributed by atoms with Crippen LogP contribution in [-0.2, 0) is 9.57 Å². The molecular formula is C33H42Cl4N6O4. The van der Waals surface area contributed by atoms with Crippen molar-refractivity contribution in [3.63, 3.8) is 0 Å². The Labute approximate surface area is 297 Å². The van der Waals surface area contributed by atoms with Gasteiger partial charge in [-0.1, -0.05) is 57.6 Å². The zero-order valence-corrected chi connectivity index (χ0v) is 29.9. The Kier molecular flexibility index (Phi) is 12.9. The van der Waals surface area contributed by atoms with Crippen molar-refractivity contribution in [3.8, 4) is 0 Å². The van der Waals surface area contributed by atoms with Gasteiger partial charge < -0.3 is 24.3 Å². The predicted molar refractivity (Wildman–Crippen MR) is 187 cm³/mol. The van der Waals surface area contributed by atoms with Crippen LogP contribution in [0, 0.1) is 0 Å². The standard InChI is InChI=1S/C33H42Cl4N6O4/c1-39(32(44)24-18-25(34)21-26(35)19-24)22-31(38-46-2)28(23-4-5-29(36)30(37)20-23)8-13-40-11-6-27(7-12-40)42-9-3-10-43(33(42)45)41-14-16-47-17-15-41/h4-5,18-21,27-28H,3,6-17,22H2,1-2H3/b38-31-/t28-/m1/s1. The topological polar surface area (TPSA) is 81.2 Å². The van der Waals surface area contributed by atoms with E-state index in [0.29, 0.717) is 51.0 Å². The van der Waals surface area contributed by atoms with Crippen molar-refractivity contribution < 1.29 is 19.2 Å². The van der Waals surface area contributed by atoms with E-state index in [1.165, 1.54) is 7.11 Å². The highest BCUT2D eigenvalue weighted by Gasteiger charge is 2.36. The number of benzene rings is 2. The predicted octanol–water partition coefficient (Wildman–Crippen LogP) is 6.39. The Hall–Kier alpha value is -2.31. The number of halogens is 4. The van der Waals surface area contributed by atoms with Gasteiger partial charge in [0.05, 0.1) is 35.5 Å². The zero-order valence-electron chi connectivity index (χ0n) is 26.8. The fraction of sp³-hybridized carbons (Fsp3) is 0.545. The van der Waals surface area contributed by atoms with Gasteiger partial charge in [0.15, 0.2) is 0 Å². The van der Waals surface area contributed by atoms with Crippen molar-refractivity contribution >= 4 is 64.1 Å². The molecule has 0 unspecified atom stereocenters. The monoisotopic (exact) mass is 726 g/mol. The lowest BCUT2D eigenvalue weighted by Crippen LogP contribution is -2.61. The largest absolute Gasteiger partial charge is 0.399 e. The number of hydrogen-bond acceptors (Lipinski definition) is 7. The number of hydrazine groups is 1. The molecule has 0 bridgehead atoms. The SMILES string of the molecule is CO/N=C(/CN(C)C(=O)c1cc(Cl)cc(Cl)c1)[C@H](CCN1CCC(N2CCCN(N3CCOCC3)C2=O)CC1)c1ccc(Cl)c(Cl)c1. The van der Waals surface area contributed by atoms with E-state index in [-0.39, 0.29) is 30.4 Å². The van der Waals surface area contributed by atoms with Gasteiger partial charge in [-0.15, -0.1) is 0 Å². The normalized spacial score (nSPS) is 19.6. The maximum Gasteiger partial charge on any atom is 0.334 e. The van der Waals surface area contributed by atoms with Crippen molar-refractivity contribution in [1.29, 1.82) is 0 Å². The number of oxime groups is 1. The first-order chi connectivity index (χ1) is 22.6. The first-order valence-corrected chi connectivity index (χ1v) is 17.5. The summed E-state index contributed by atoms with van der Waals surface area (Å²) >= 11 is 25.1. The van der Waals surface area contributed by atoms with Gasteiger partial charge in [-0.2, -0.15) is 0 Å². The van der Waals surface area contributed by atoms with Crippen LogP contribution in [0.25, 0.3) is 0 Å². The Bertz CT molecular complexity index is 1410. The molecule has 0 aromatic heterocycles. The Morgan fingerprint density at radius 3 is 2.34 bits per heavy atom. The lowest BCUT2D eigenvalue weighted by molar-refractivity contribution is -0.0828. The van der Waals surface area contributed by atoms with E-state index in [1.807, 2.05) is 17.1 Å². The Balaban J connectivity index is 1.25. The highest BCUT2D eigenvalue weighted by Crippen LogP contribution is 2.31. The molecule has 5 rings (SSSR count). The van der Waals surface area contributed by atoms with Gasteiger partial charge in [0.2, 0.25) is 0 Å². The lowest BCUT2D eigenvalue weighted by atomic mass is 9.89. The minimum atomic E-state index is -0.243. The summed E-state index contributed by atoms with van der Waals surface area (Å²) in [6, 6.07) is 10.7. The average Bonchev–Trinajstić information content (AvgIpc) is 3.06. The molecule has 47 heavy (non-hydrogen) atoms. The summed E-state index contributed by atoms with van der Waals surface area (Å²) in [4.78, 5) is 38.3. The highest BCUT2D eigenvalue weighted by atomic mass is 35.5. The first-order valence-electron chi connectivity index (χ1n) is 16.0. The molecular weight excluding hydrogens is 686 g/mol. The number of morpholine rings is 1. The molecule has 3 fully saturated rings. The molecule has 256 valence electrons. The van der Waals surface area contributed by atoms with Crippen LogP contribution in [0.15, 0.2) is 41.6 Å². The van der Waals surface area contributed by atoms with Gasteiger partial charge in [-0.25, -0.2) is 9.80 Å². The number of carbonyl (C=O) groups excluding carboxylic acids is 2. The molecule has 2 aromatic rings. The molecule has 3 aliphatic heterocycles. The van der Waals surface area contributed by atoms with Crippen molar-refractivity contribution in [2.45, 2.75) is 37.6 Å². The van der Waals surface area contributed by atoms with Crippen molar-refractivity contribution in [2.24, 2.45) is 5.16 Å². The number of hydrogen-bond donors (Lipinski definition) is 0. The minimum Gasteiger partial charge on any atom is -0.399 e. The third-order valence-corrected chi connectivity index (χ3v) is 10.3. The number of urea groups is 1. The van der Waals surface area contributed by atoms with Crippen LogP contribution in [0.5, 0.6) is 0 Å². The van der Waals surface area contributed by atoms with E-state index in [0.717, 1.165) is 70.6 Å². The van der Waals surface area contributed by atoms with Crippen LogP contribution < -0.4 is 0 Å². The molecule has 10 nitrogen and oxygen atoms in total. The third kappa shape index (κ3) is 9.23. The second-order valence-corrected chi connectivity index (χ2v) is 13.9. The number of rotatable bonds is 11. The highest BCUT2D eigenvalue weighted by molar-refractivity contribution is 6.42. The molecule has 3 amide bonds. The lowest BCUT2D eigenvalue weighted by Gasteiger charge is -2.47. The second-order valence-electron chi connectivity index (χ2n) is 12.2. The number of carbonyl (C=O) groups is 2. The molecule has 0 saturated carbocycles. The van der Waals surface area contributed by atoms with Crippen LogP contribution in [0.3, 0.4) is 0 Å². The van der Waals surface area contributed by atoms with Gasteiger partial charge in [-0.05, 0) is 68.1 Å². The van der Waals surface area contributed by atoms with Gasteiger partial charge in [0.1, 0.15) is 7.11 Å². The summed E-state index contributed by atoms with van der Waals surface area (Å²) < 4.78 is 5.49. The molecule has 2 aromatic carbocycles. The van der Waals surface area contributed by atoms with Crippen molar-refractivity contribution in [1.82, 2.24) is 24.7 Å². The van der Waals surface area contributed by atoms with Crippen LogP contribution in [0.2, 0.25) is 20.1 Å². The molecule has 0 N–H and O–H groups in total. The van der Waals surface area contributed by atoms with Gasteiger partial charge >= 0.3 is 6.03 Å². The molecule has 1 atom stereocenters. The van der Waals surface area contributed by atoms with Crippen molar-refractivity contribution in [2.75, 3.05) is 79.7 Å². The molecule has 3 aliphatic rings. The molecule has 3 saturated heterocycles. The second kappa shape index (κ2) is 16.9. The molecule has 0 radical (unpaired) electrons. The van der Waals surface area contributed by atoms with Gasteiger partial charge in [0, 0.05) is 73.9 Å². The Morgan fingerprint density at radius 2 is 1.68 bits per heavy atom. The van der Waals surface area contributed by atoms with Crippen LogP contribution in [0.4, 0.5) is 4.79 Å². The first kappa shape index (κ1) is 36.0. The van der Waals surface area contributed by atoms with Crippen molar-refractivity contribution in [3.05, 3.63) is 67.6 Å². The summed E-state index contributed by atoms with van der Waals surface area (Å²) in [5.41, 5.74) is 1.99. The van der Waals surface area contributed by atoms with Crippen LogP contribution in [-0.4, -0.2) is 128 Å². The van der Waals surface area contributed by atoms with Gasteiger partial charge in [0.25, 0.3) is 5.91 Å². The fourth-order valence-electron chi connectivity index (χ4n) is 6.68. The van der Waals surface area contributed by atoms with Crippen LogP contribution >= 0.6 is 46.4 Å². The van der Waals surface area contributed by atoms with E-state index >= 15 is 0 Å². The van der Waals surface area contributed by atoms with E-state index < -0.39 is 0 Å². The van der Waals surface area contributed by atoms with E-state index in [2.05, 4.69) is 20.0 Å². The third-order valence-electron chi connectivity index (χ3n) is 9.11. The molecule has 3 heterocycles. The van der Waals surface area contributed by atoms with E-state index in [9.17, 15) is 9.59 Å². The number of ether oxygens (including phenoxy) is 1. The molecule has 0 spiro atoms. The summed E-state index contributed by atoms with van der Waals surface area (Å²) in [6.07, 6.45) is 3.51. The van der Waals surface area contributed by atoms with Gasteiger partial charge in [-0.3, -0.25) is 9.80 Å².